The summed E-state index contributed by atoms with van der Waals surface area (Å²) in [5.41, 5.74) is 2.36. The number of fused-ring (bicyclic) bond motifs is 1. The number of halogens is 1. The molecule has 0 saturated heterocycles. The number of nitrogens with one attached hydrogen (secondary N) is 2. The summed E-state index contributed by atoms with van der Waals surface area (Å²) in [5.74, 6) is -0.112. The molecule has 1 amide bonds. The first kappa shape index (κ1) is 17.1. The average Bonchev–Trinajstić information content (AvgIpc) is 2.53. The fourth-order valence-electron chi connectivity index (χ4n) is 1.88. The van der Waals surface area contributed by atoms with Crippen LogP contribution < -0.4 is 10.8 Å². The van der Waals surface area contributed by atoms with Crippen LogP contribution in [0.3, 0.4) is 0 Å². The van der Waals surface area contributed by atoms with Crippen molar-refractivity contribution in [1.29, 1.82) is 0 Å². The van der Waals surface area contributed by atoms with Crippen LogP contribution in [0, 0.1) is 0 Å². The monoisotopic (exact) mass is 434 g/mol. The van der Waals surface area contributed by atoms with Crippen LogP contribution in [0.1, 0.15) is 0 Å². The third-order valence-corrected chi connectivity index (χ3v) is 4.78. The molecule has 0 aromatic heterocycles. The van der Waals surface area contributed by atoms with Gasteiger partial charge in [0.1, 0.15) is 4.90 Å². The molecule has 0 unspecified atom stereocenters. The minimum atomic E-state index is -3.92. The number of alkyl halides is 1. The number of rotatable bonds is 7. The van der Waals surface area contributed by atoms with Crippen molar-refractivity contribution in [3.63, 3.8) is 0 Å². The summed E-state index contributed by atoms with van der Waals surface area (Å²) in [6.07, 6.45) is 0. The van der Waals surface area contributed by atoms with E-state index in [-0.39, 0.29) is 23.9 Å². The molecule has 0 radical (unpaired) electrons. The van der Waals surface area contributed by atoms with E-state index in [1.807, 2.05) is 40.8 Å². The fourth-order valence-corrected chi connectivity index (χ4v) is 3.18. The summed E-state index contributed by atoms with van der Waals surface area (Å²) in [7, 11) is -3.92. The smallest absolute Gasteiger partial charge is 0.313 e. The molecule has 2 aromatic rings. The molecular formula is C14H15IN2O4S. The van der Waals surface area contributed by atoms with E-state index in [1.54, 1.807) is 18.2 Å². The predicted octanol–water partition coefficient (Wildman–Crippen LogP) is 1.60. The van der Waals surface area contributed by atoms with Gasteiger partial charge in [0.05, 0.1) is 4.43 Å². The summed E-state index contributed by atoms with van der Waals surface area (Å²) in [4.78, 5) is 11.1. The highest BCUT2D eigenvalue weighted by molar-refractivity contribution is 14.1. The maximum Gasteiger partial charge on any atom is 0.313 e. The van der Waals surface area contributed by atoms with Gasteiger partial charge in [-0.2, -0.15) is 18.2 Å². The predicted molar refractivity (Wildman–Crippen MR) is 92.1 cm³/mol. The van der Waals surface area contributed by atoms with Crippen molar-refractivity contribution < 1.29 is 17.5 Å². The Bertz CT molecular complexity index is 759. The molecule has 0 aliphatic heterocycles. The highest BCUT2D eigenvalue weighted by atomic mass is 127. The van der Waals surface area contributed by atoms with Crippen molar-refractivity contribution in [3.8, 4) is 0 Å². The van der Waals surface area contributed by atoms with E-state index in [0.717, 1.165) is 5.39 Å². The van der Waals surface area contributed by atoms with Crippen molar-refractivity contribution in [2.45, 2.75) is 4.90 Å². The van der Waals surface area contributed by atoms with Crippen molar-refractivity contribution in [1.82, 2.24) is 10.8 Å². The molecule has 0 bridgehead atoms. The van der Waals surface area contributed by atoms with Crippen LogP contribution in [-0.2, 0) is 19.2 Å². The molecule has 0 fully saturated rings. The molecule has 118 valence electrons. The van der Waals surface area contributed by atoms with E-state index in [1.165, 1.54) is 6.07 Å². The van der Waals surface area contributed by atoms with E-state index >= 15 is 0 Å². The maximum atomic E-state index is 12.2. The first-order valence-corrected chi connectivity index (χ1v) is 9.45. The molecule has 0 heterocycles. The lowest BCUT2D eigenvalue weighted by Gasteiger charge is -2.09. The maximum absolute atomic E-state index is 12.2. The molecule has 2 N–H and O–H groups in total. The van der Waals surface area contributed by atoms with Crippen molar-refractivity contribution in [2.75, 3.05) is 17.5 Å². The molecule has 22 heavy (non-hydrogen) atoms. The second-order valence-corrected chi connectivity index (χ2v) is 6.67. The van der Waals surface area contributed by atoms with Crippen LogP contribution in [0.5, 0.6) is 0 Å². The number of amides is 1. The lowest BCUT2D eigenvalue weighted by Crippen LogP contribution is -2.33. The molecule has 6 nitrogen and oxygen atoms in total. The third-order valence-electron chi connectivity index (χ3n) is 2.86. The summed E-state index contributed by atoms with van der Waals surface area (Å²) in [6, 6.07) is 12.2. The Morgan fingerprint density at radius 2 is 1.82 bits per heavy atom. The van der Waals surface area contributed by atoms with Crippen LogP contribution in [-0.4, -0.2) is 31.8 Å². The van der Waals surface area contributed by atoms with Gasteiger partial charge in [-0.1, -0.05) is 59.0 Å². The Morgan fingerprint density at radius 1 is 1.09 bits per heavy atom. The molecule has 8 heteroatoms. The Morgan fingerprint density at radius 3 is 2.59 bits per heavy atom. The summed E-state index contributed by atoms with van der Waals surface area (Å²) < 4.78 is 29.6. The largest absolute Gasteiger partial charge is 0.354 e. The Hall–Kier alpha value is -1.23. The lowest BCUT2D eigenvalue weighted by molar-refractivity contribution is -0.118. The topological polar surface area (TPSA) is 84.5 Å². The molecule has 2 aromatic carbocycles. The Kier molecular flexibility index (Phi) is 6.12. The van der Waals surface area contributed by atoms with Crippen LogP contribution in [0.4, 0.5) is 0 Å². The van der Waals surface area contributed by atoms with E-state index in [4.69, 9.17) is 4.28 Å². The molecule has 0 aliphatic rings. The van der Waals surface area contributed by atoms with E-state index in [9.17, 15) is 13.2 Å². The SMILES string of the molecule is O=C(CI)NCCNOS(=O)(=O)c1cccc2ccccc12. The third kappa shape index (κ3) is 4.38. The first-order chi connectivity index (χ1) is 10.5. The summed E-state index contributed by atoms with van der Waals surface area (Å²) in [6.45, 7) is 0.471. The van der Waals surface area contributed by atoms with Gasteiger partial charge in [0, 0.05) is 18.5 Å². The van der Waals surface area contributed by atoms with E-state index in [2.05, 4.69) is 10.8 Å². The van der Waals surface area contributed by atoms with Gasteiger partial charge in [0.2, 0.25) is 5.91 Å². The molecule has 0 aliphatic carbocycles. The second kappa shape index (κ2) is 7.86. The number of carbonyl (C=O) groups is 1. The van der Waals surface area contributed by atoms with Gasteiger partial charge in [-0.3, -0.25) is 4.79 Å². The lowest BCUT2D eigenvalue weighted by atomic mass is 10.1. The van der Waals surface area contributed by atoms with Crippen LogP contribution >= 0.6 is 22.6 Å². The van der Waals surface area contributed by atoms with Gasteiger partial charge in [-0.15, -0.1) is 0 Å². The van der Waals surface area contributed by atoms with Gasteiger partial charge >= 0.3 is 10.1 Å². The zero-order valence-electron chi connectivity index (χ0n) is 11.6. The average molecular weight is 434 g/mol. The minimum absolute atomic E-state index is 0.106. The number of benzene rings is 2. The van der Waals surface area contributed by atoms with Crippen molar-refractivity contribution in [2.24, 2.45) is 0 Å². The van der Waals surface area contributed by atoms with Gasteiger partial charge in [0.15, 0.2) is 0 Å². The number of hydrogen-bond acceptors (Lipinski definition) is 5. The van der Waals surface area contributed by atoms with Crippen LogP contribution in [0.15, 0.2) is 47.4 Å². The van der Waals surface area contributed by atoms with Crippen LogP contribution in [0.2, 0.25) is 0 Å². The summed E-state index contributed by atoms with van der Waals surface area (Å²) >= 11 is 1.94. The quantitative estimate of drug-likeness (QED) is 0.300. The summed E-state index contributed by atoms with van der Waals surface area (Å²) in [5, 5.41) is 4.03. The zero-order valence-corrected chi connectivity index (χ0v) is 14.6. The minimum Gasteiger partial charge on any atom is -0.354 e. The van der Waals surface area contributed by atoms with E-state index in [0.29, 0.717) is 9.81 Å². The van der Waals surface area contributed by atoms with Crippen molar-refractivity contribution in [3.05, 3.63) is 42.5 Å². The van der Waals surface area contributed by atoms with E-state index < -0.39 is 10.1 Å². The van der Waals surface area contributed by atoms with Gasteiger partial charge < -0.3 is 5.32 Å². The fraction of sp³-hybridized carbons (Fsp3) is 0.214. The second-order valence-electron chi connectivity index (χ2n) is 4.39. The first-order valence-electron chi connectivity index (χ1n) is 6.51. The normalized spacial score (nSPS) is 11.5. The molecule has 0 spiro atoms. The zero-order chi connectivity index (χ0) is 16.0. The van der Waals surface area contributed by atoms with Crippen molar-refractivity contribution >= 4 is 49.4 Å². The van der Waals surface area contributed by atoms with Gasteiger partial charge in [-0.25, -0.2) is 0 Å². The number of hydroxylamine groups is 1. The molecule has 0 atom stereocenters. The number of hydrogen-bond donors (Lipinski definition) is 2. The molecular weight excluding hydrogens is 419 g/mol. The highest BCUT2D eigenvalue weighted by Crippen LogP contribution is 2.23. The standard InChI is InChI=1S/C14H15IN2O4S/c15-10-14(18)16-8-9-17-21-22(19,20)13-7-3-5-11-4-1-2-6-12(11)13/h1-7,17H,8-10H2,(H,16,18). The van der Waals surface area contributed by atoms with Gasteiger partial charge in [0.25, 0.3) is 0 Å². The van der Waals surface area contributed by atoms with Crippen LogP contribution in [0.25, 0.3) is 10.8 Å². The number of carbonyl (C=O) groups excluding carboxylic acids is 1. The Balaban J connectivity index is 2.02. The highest BCUT2D eigenvalue weighted by Gasteiger charge is 2.18. The molecule has 0 saturated carbocycles. The molecule has 2 rings (SSSR count). The Labute approximate surface area is 142 Å². The van der Waals surface area contributed by atoms with Gasteiger partial charge in [-0.05, 0) is 11.5 Å².